The Hall–Kier alpha value is -2.52. The number of ether oxygens (including phenoxy) is 2. The van der Waals surface area contributed by atoms with E-state index in [1.165, 1.54) is 41.2 Å². The van der Waals surface area contributed by atoms with E-state index < -0.39 is 0 Å². The maximum atomic E-state index is 6.67. The minimum absolute atomic E-state index is 0.0479. The molecule has 5 rings (SSSR count). The van der Waals surface area contributed by atoms with Crippen molar-refractivity contribution < 1.29 is 9.47 Å². The predicted octanol–water partition coefficient (Wildman–Crippen LogP) is 6.73. The minimum atomic E-state index is -0.0479. The molecule has 1 fully saturated rings. The number of methoxy groups -OCH3 is 1. The Labute approximate surface area is 179 Å². The van der Waals surface area contributed by atoms with Gasteiger partial charge in [-0.15, -0.1) is 0 Å². The van der Waals surface area contributed by atoms with E-state index in [4.69, 9.17) is 9.47 Å². The van der Waals surface area contributed by atoms with Crippen molar-refractivity contribution in [3.63, 3.8) is 0 Å². The van der Waals surface area contributed by atoms with Crippen molar-refractivity contribution in [2.75, 3.05) is 7.11 Å². The smallest absolute Gasteiger partial charge is 0.128 e. The Morgan fingerprint density at radius 2 is 1.80 bits per heavy atom. The van der Waals surface area contributed by atoms with Crippen LogP contribution in [0.4, 0.5) is 0 Å². The quantitative estimate of drug-likeness (QED) is 0.526. The minimum Gasteiger partial charge on any atom is -0.497 e. The fourth-order valence-electron chi connectivity index (χ4n) is 5.45. The maximum absolute atomic E-state index is 6.67. The molecule has 1 N–H and O–H groups in total. The summed E-state index contributed by atoms with van der Waals surface area (Å²) in [5.74, 6) is 1.85. The number of rotatable bonds is 4. The van der Waals surface area contributed by atoms with Gasteiger partial charge in [0.15, 0.2) is 0 Å². The Morgan fingerprint density at radius 1 is 1.00 bits per heavy atom. The van der Waals surface area contributed by atoms with Crippen LogP contribution in [0.25, 0.3) is 10.8 Å². The average Bonchev–Trinajstić information content (AvgIpc) is 2.78. The van der Waals surface area contributed by atoms with Crippen LogP contribution < -0.4 is 14.8 Å². The Balaban J connectivity index is 1.49. The molecule has 3 aromatic carbocycles. The van der Waals surface area contributed by atoms with Crippen molar-refractivity contribution >= 4 is 10.8 Å². The first-order chi connectivity index (χ1) is 14.7. The maximum Gasteiger partial charge on any atom is 0.128 e. The van der Waals surface area contributed by atoms with E-state index in [2.05, 4.69) is 72.9 Å². The third-order valence-corrected chi connectivity index (χ3v) is 7.00. The van der Waals surface area contributed by atoms with Crippen LogP contribution in [0.2, 0.25) is 0 Å². The fraction of sp³-hybridized carbons (Fsp3) is 0.407. The molecule has 0 amide bonds. The van der Waals surface area contributed by atoms with E-state index in [0.717, 1.165) is 30.8 Å². The molecule has 2 unspecified atom stereocenters. The van der Waals surface area contributed by atoms with Gasteiger partial charge in [0.2, 0.25) is 0 Å². The van der Waals surface area contributed by atoms with Gasteiger partial charge in [-0.1, -0.05) is 55.0 Å². The van der Waals surface area contributed by atoms with Crippen molar-refractivity contribution in [1.29, 1.82) is 0 Å². The highest BCUT2D eigenvalue weighted by molar-refractivity contribution is 5.86. The third-order valence-electron chi connectivity index (χ3n) is 7.00. The van der Waals surface area contributed by atoms with Crippen LogP contribution in [0.5, 0.6) is 11.5 Å². The van der Waals surface area contributed by atoms with Crippen molar-refractivity contribution in [3.05, 3.63) is 71.8 Å². The van der Waals surface area contributed by atoms with Gasteiger partial charge in [0.1, 0.15) is 17.1 Å². The van der Waals surface area contributed by atoms with Crippen molar-refractivity contribution in [1.82, 2.24) is 5.32 Å². The summed E-state index contributed by atoms with van der Waals surface area (Å²) in [6.45, 7) is 2.29. The summed E-state index contributed by atoms with van der Waals surface area (Å²) < 4.78 is 12.2. The molecule has 2 aliphatic rings. The predicted molar refractivity (Wildman–Crippen MR) is 122 cm³/mol. The fourth-order valence-corrected chi connectivity index (χ4v) is 5.45. The van der Waals surface area contributed by atoms with Crippen LogP contribution in [-0.2, 0) is 0 Å². The van der Waals surface area contributed by atoms with E-state index in [0.29, 0.717) is 0 Å². The summed E-state index contributed by atoms with van der Waals surface area (Å²) in [7, 11) is 1.72. The largest absolute Gasteiger partial charge is 0.497 e. The van der Waals surface area contributed by atoms with Gasteiger partial charge < -0.3 is 14.8 Å². The summed E-state index contributed by atoms with van der Waals surface area (Å²) in [5.41, 5.74) is 2.56. The highest BCUT2D eigenvalue weighted by Gasteiger charge is 2.42. The summed E-state index contributed by atoms with van der Waals surface area (Å²) >= 11 is 0. The molecule has 0 aromatic heterocycles. The molecular formula is C27H31NO2. The number of nitrogens with one attached hydrogen (secondary N) is 1. The van der Waals surface area contributed by atoms with Crippen LogP contribution >= 0.6 is 0 Å². The topological polar surface area (TPSA) is 30.5 Å². The van der Waals surface area contributed by atoms with E-state index in [1.54, 1.807) is 7.11 Å². The normalized spacial score (nSPS) is 21.1. The second-order valence-electron chi connectivity index (χ2n) is 8.96. The molecule has 3 heteroatoms. The second-order valence-corrected chi connectivity index (χ2v) is 8.96. The first-order valence-corrected chi connectivity index (χ1v) is 11.3. The van der Waals surface area contributed by atoms with E-state index in [1.807, 2.05) is 0 Å². The van der Waals surface area contributed by atoms with Crippen LogP contribution in [-0.4, -0.2) is 12.7 Å². The first kappa shape index (κ1) is 19.4. The molecule has 156 valence electrons. The lowest BCUT2D eigenvalue weighted by molar-refractivity contribution is -0.00404. The van der Waals surface area contributed by atoms with Gasteiger partial charge in [0.05, 0.1) is 7.11 Å². The molecule has 3 aromatic rings. The number of hydrogen-bond donors (Lipinski definition) is 1. The highest BCUT2D eigenvalue weighted by Crippen LogP contribution is 2.47. The zero-order valence-corrected chi connectivity index (χ0v) is 18.0. The number of hydrogen-bond acceptors (Lipinski definition) is 3. The monoisotopic (exact) mass is 401 g/mol. The molecule has 1 saturated carbocycles. The average molecular weight is 402 g/mol. The van der Waals surface area contributed by atoms with Crippen molar-refractivity contribution in [3.8, 4) is 11.5 Å². The van der Waals surface area contributed by atoms with E-state index in [-0.39, 0.29) is 17.7 Å². The molecule has 1 heterocycles. The molecule has 1 aliphatic carbocycles. The summed E-state index contributed by atoms with van der Waals surface area (Å²) in [6, 6.07) is 22.1. The van der Waals surface area contributed by atoms with Gasteiger partial charge in [0.25, 0.3) is 0 Å². The molecule has 0 bridgehead atoms. The Morgan fingerprint density at radius 3 is 2.63 bits per heavy atom. The van der Waals surface area contributed by atoms with Crippen LogP contribution in [0.3, 0.4) is 0 Å². The zero-order valence-electron chi connectivity index (χ0n) is 18.0. The summed E-state index contributed by atoms with van der Waals surface area (Å²) in [6.07, 6.45) is 7.15. The van der Waals surface area contributed by atoms with Gasteiger partial charge >= 0.3 is 0 Å². The standard InChI is InChI=1S/C27H31NO2/c1-19(22-12-8-10-20-9-4-5-11-23(20)22)28-25-18-27(15-6-3-7-16-27)30-26-17-21(29-2)13-14-24(25)26/h4-5,8-14,17,19,25,28H,3,6-7,15-16,18H2,1-2H3. The zero-order chi connectivity index (χ0) is 20.6. The van der Waals surface area contributed by atoms with Crippen molar-refractivity contribution in [2.24, 2.45) is 0 Å². The van der Waals surface area contributed by atoms with Gasteiger partial charge in [-0.05, 0) is 55.0 Å². The Kier molecular flexibility index (Phi) is 5.16. The van der Waals surface area contributed by atoms with Crippen LogP contribution in [0.1, 0.15) is 68.7 Å². The van der Waals surface area contributed by atoms with E-state index in [9.17, 15) is 0 Å². The lowest BCUT2D eigenvalue weighted by Gasteiger charge is -2.45. The summed E-state index contributed by atoms with van der Waals surface area (Å²) in [4.78, 5) is 0. The van der Waals surface area contributed by atoms with Gasteiger partial charge in [-0.2, -0.15) is 0 Å². The lowest BCUT2D eigenvalue weighted by Crippen LogP contribution is -2.45. The molecule has 30 heavy (non-hydrogen) atoms. The lowest BCUT2D eigenvalue weighted by atomic mass is 9.77. The van der Waals surface area contributed by atoms with Crippen molar-refractivity contribution in [2.45, 2.75) is 63.1 Å². The molecule has 2 atom stereocenters. The first-order valence-electron chi connectivity index (χ1n) is 11.3. The molecule has 0 radical (unpaired) electrons. The molecule has 3 nitrogen and oxygen atoms in total. The molecule has 1 spiro atoms. The summed E-state index contributed by atoms with van der Waals surface area (Å²) in [5, 5.41) is 6.60. The molecule has 1 aliphatic heterocycles. The second kappa shape index (κ2) is 7.96. The van der Waals surface area contributed by atoms with E-state index >= 15 is 0 Å². The molecular weight excluding hydrogens is 370 g/mol. The van der Waals surface area contributed by atoms with Gasteiger partial charge in [0, 0.05) is 30.1 Å². The van der Waals surface area contributed by atoms with Gasteiger partial charge in [-0.25, -0.2) is 0 Å². The van der Waals surface area contributed by atoms with Gasteiger partial charge in [-0.3, -0.25) is 0 Å². The van der Waals surface area contributed by atoms with Crippen LogP contribution in [0, 0.1) is 0 Å². The number of benzene rings is 3. The third kappa shape index (κ3) is 3.56. The highest BCUT2D eigenvalue weighted by atomic mass is 16.5. The number of fused-ring (bicyclic) bond motifs is 2. The SMILES string of the molecule is COc1ccc2c(c1)OC1(CCCCC1)CC2NC(C)c1cccc2ccccc12. The molecule has 0 saturated heterocycles. The Bertz CT molecular complexity index is 1030. The van der Waals surface area contributed by atoms with Crippen LogP contribution in [0.15, 0.2) is 60.7 Å².